The molecule has 0 aliphatic heterocycles. The number of hydrogen-bond acceptors (Lipinski definition) is 3. The summed E-state index contributed by atoms with van der Waals surface area (Å²) < 4.78 is 5.22. The molecule has 1 atom stereocenters. The highest BCUT2D eigenvalue weighted by atomic mass is 16.5. The molecule has 2 aromatic carbocycles. The van der Waals surface area contributed by atoms with Crippen molar-refractivity contribution in [3.05, 3.63) is 60.2 Å². The average molecular weight is 419 g/mol. The molecular formula is C26H30N2O3. The fourth-order valence-corrected chi connectivity index (χ4v) is 6.72. The first-order valence-corrected chi connectivity index (χ1v) is 11.4. The van der Waals surface area contributed by atoms with Crippen molar-refractivity contribution in [2.24, 2.45) is 23.2 Å². The summed E-state index contributed by atoms with van der Waals surface area (Å²) in [6.45, 7) is 0. The lowest BCUT2D eigenvalue weighted by molar-refractivity contribution is -0.129. The van der Waals surface area contributed by atoms with Crippen LogP contribution in [0.2, 0.25) is 0 Å². The lowest BCUT2D eigenvalue weighted by Gasteiger charge is -2.58. The Morgan fingerprint density at radius 1 is 0.903 bits per heavy atom. The van der Waals surface area contributed by atoms with E-state index >= 15 is 0 Å². The molecule has 2 amide bonds. The van der Waals surface area contributed by atoms with Crippen LogP contribution in [0.4, 0.5) is 5.69 Å². The fraction of sp³-hybridized carbons (Fsp3) is 0.462. The number of nitrogens with one attached hydrogen (secondary N) is 2. The van der Waals surface area contributed by atoms with Gasteiger partial charge in [0.25, 0.3) is 5.91 Å². The standard InChI is InChI=1S/C26H30N2O3/c1-31-22-9-7-21(8-10-22)27-25(30)23(28-24(29)20-5-3-2-4-6-20)26-14-17-11-18(15-26)13-19(12-17)16-26/h2-10,17-19,23H,11-16H2,1H3,(H,27,30)(H,28,29)/t17?,18?,19?,23-,26?/m0/s1. The van der Waals surface area contributed by atoms with Crippen molar-refractivity contribution in [3.8, 4) is 5.75 Å². The third kappa shape index (κ3) is 3.93. The summed E-state index contributed by atoms with van der Waals surface area (Å²) >= 11 is 0. The number of ether oxygens (including phenoxy) is 1. The number of rotatable bonds is 6. The van der Waals surface area contributed by atoms with Gasteiger partial charge in [-0.25, -0.2) is 0 Å². The summed E-state index contributed by atoms with van der Waals surface area (Å²) in [6.07, 6.45) is 6.98. The predicted octanol–water partition coefficient (Wildman–Crippen LogP) is 4.65. The van der Waals surface area contributed by atoms with Crippen molar-refractivity contribution < 1.29 is 14.3 Å². The largest absolute Gasteiger partial charge is 0.497 e. The van der Waals surface area contributed by atoms with Crippen molar-refractivity contribution in [1.82, 2.24) is 5.32 Å². The topological polar surface area (TPSA) is 67.4 Å². The Morgan fingerprint density at radius 2 is 1.48 bits per heavy atom. The minimum atomic E-state index is -0.532. The van der Waals surface area contributed by atoms with E-state index in [0.29, 0.717) is 23.3 Å². The Hall–Kier alpha value is -2.82. The van der Waals surface area contributed by atoms with Gasteiger partial charge in [0, 0.05) is 16.7 Å². The number of carbonyl (C=O) groups is 2. The van der Waals surface area contributed by atoms with Gasteiger partial charge in [0.2, 0.25) is 5.91 Å². The molecule has 4 aliphatic carbocycles. The second kappa shape index (κ2) is 8.03. The molecule has 4 bridgehead atoms. The first-order valence-electron chi connectivity index (χ1n) is 11.4. The van der Waals surface area contributed by atoms with E-state index in [0.717, 1.165) is 30.7 Å². The number of benzene rings is 2. The molecule has 0 spiro atoms. The molecule has 2 N–H and O–H groups in total. The molecule has 0 heterocycles. The van der Waals surface area contributed by atoms with Gasteiger partial charge in [0.05, 0.1) is 7.11 Å². The number of amides is 2. The van der Waals surface area contributed by atoms with E-state index in [1.165, 1.54) is 19.3 Å². The molecule has 4 saturated carbocycles. The van der Waals surface area contributed by atoms with Gasteiger partial charge in [-0.3, -0.25) is 9.59 Å². The SMILES string of the molecule is COc1ccc(NC(=O)[C@H](NC(=O)c2ccccc2)C23CC4CC(CC(C4)C2)C3)cc1. The van der Waals surface area contributed by atoms with E-state index in [9.17, 15) is 9.59 Å². The van der Waals surface area contributed by atoms with E-state index in [4.69, 9.17) is 4.74 Å². The zero-order valence-electron chi connectivity index (χ0n) is 18.0. The van der Waals surface area contributed by atoms with Crippen LogP contribution in [0.1, 0.15) is 48.9 Å². The number of methoxy groups -OCH3 is 1. The van der Waals surface area contributed by atoms with Crippen LogP contribution in [0.3, 0.4) is 0 Å². The summed E-state index contributed by atoms with van der Waals surface area (Å²) in [7, 11) is 1.62. The second-order valence-corrected chi connectivity index (χ2v) is 9.77. The Kier molecular flexibility index (Phi) is 5.20. The predicted molar refractivity (Wildman–Crippen MR) is 120 cm³/mol. The van der Waals surface area contributed by atoms with Gasteiger partial charge in [-0.15, -0.1) is 0 Å². The van der Waals surface area contributed by atoms with Gasteiger partial charge in [0.15, 0.2) is 0 Å². The maximum Gasteiger partial charge on any atom is 0.251 e. The number of hydrogen-bond donors (Lipinski definition) is 2. The Labute approximate surface area is 183 Å². The number of anilines is 1. The van der Waals surface area contributed by atoms with Gasteiger partial charge in [-0.05, 0) is 92.7 Å². The van der Waals surface area contributed by atoms with Gasteiger partial charge < -0.3 is 15.4 Å². The molecule has 5 nitrogen and oxygen atoms in total. The van der Waals surface area contributed by atoms with Crippen molar-refractivity contribution >= 4 is 17.5 Å². The summed E-state index contributed by atoms with van der Waals surface area (Å²) in [5.74, 6) is 2.53. The van der Waals surface area contributed by atoms with E-state index in [-0.39, 0.29) is 17.2 Å². The summed E-state index contributed by atoms with van der Waals surface area (Å²) in [5, 5.41) is 6.22. The maximum atomic E-state index is 13.6. The van der Waals surface area contributed by atoms with Crippen LogP contribution in [0, 0.1) is 23.2 Å². The Bertz CT molecular complexity index is 919. The quantitative estimate of drug-likeness (QED) is 0.718. The van der Waals surface area contributed by atoms with Crippen molar-refractivity contribution in [2.45, 2.75) is 44.6 Å². The summed E-state index contributed by atoms with van der Waals surface area (Å²) in [5.41, 5.74) is 1.17. The minimum absolute atomic E-state index is 0.114. The van der Waals surface area contributed by atoms with E-state index < -0.39 is 6.04 Å². The third-order valence-corrected chi connectivity index (χ3v) is 7.63. The van der Waals surface area contributed by atoms with Gasteiger partial charge in [-0.1, -0.05) is 18.2 Å². The lowest BCUT2D eigenvalue weighted by Crippen LogP contribution is -2.61. The van der Waals surface area contributed by atoms with Crippen molar-refractivity contribution in [3.63, 3.8) is 0 Å². The van der Waals surface area contributed by atoms with Gasteiger partial charge in [-0.2, -0.15) is 0 Å². The second-order valence-electron chi connectivity index (χ2n) is 9.77. The zero-order valence-corrected chi connectivity index (χ0v) is 18.0. The monoisotopic (exact) mass is 418 g/mol. The molecule has 0 aromatic heterocycles. The smallest absolute Gasteiger partial charge is 0.251 e. The van der Waals surface area contributed by atoms with Crippen molar-refractivity contribution in [1.29, 1.82) is 0 Å². The van der Waals surface area contributed by atoms with E-state index in [2.05, 4.69) is 10.6 Å². The third-order valence-electron chi connectivity index (χ3n) is 7.63. The Balaban J connectivity index is 1.42. The van der Waals surface area contributed by atoms with Crippen LogP contribution in [-0.4, -0.2) is 25.0 Å². The molecule has 31 heavy (non-hydrogen) atoms. The molecule has 2 aromatic rings. The van der Waals surface area contributed by atoms with Crippen LogP contribution in [0.25, 0.3) is 0 Å². The van der Waals surface area contributed by atoms with Gasteiger partial charge in [0.1, 0.15) is 11.8 Å². The molecule has 162 valence electrons. The van der Waals surface area contributed by atoms with Crippen LogP contribution >= 0.6 is 0 Å². The Morgan fingerprint density at radius 3 is 2.03 bits per heavy atom. The highest BCUT2D eigenvalue weighted by Gasteiger charge is 2.56. The zero-order chi connectivity index (χ0) is 21.4. The minimum Gasteiger partial charge on any atom is -0.497 e. The molecular weight excluding hydrogens is 388 g/mol. The molecule has 5 heteroatoms. The molecule has 6 rings (SSSR count). The van der Waals surface area contributed by atoms with Crippen molar-refractivity contribution in [2.75, 3.05) is 12.4 Å². The molecule has 0 saturated heterocycles. The highest BCUT2D eigenvalue weighted by Crippen LogP contribution is 2.61. The highest BCUT2D eigenvalue weighted by molar-refractivity contribution is 6.01. The van der Waals surface area contributed by atoms with Crippen LogP contribution in [-0.2, 0) is 4.79 Å². The average Bonchev–Trinajstić information content (AvgIpc) is 2.77. The maximum absolute atomic E-state index is 13.6. The first kappa shape index (κ1) is 20.1. The molecule has 4 fully saturated rings. The van der Waals surface area contributed by atoms with Crippen LogP contribution in [0.15, 0.2) is 54.6 Å². The molecule has 4 aliphatic rings. The lowest BCUT2D eigenvalue weighted by atomic mass is 9.47. The van der Waals surface area contributed by atoms with Gasteiger partial charge >= 0.3 is 0 Å². The summed E-state index contributed by atoms with van der Waals surface area (Å²) in [6, 6.07) is 16.0. The molecule has 0 unspecified atom stereocenters. The van der Waals surface area contributed by atoms with Crippen LogP contribution < -0.4 is 15.4 Å². The molecule has 0 radical (unpaired) electrons. The number of carbonyl (C=O) groups excluding carboxylic acids is 2. The van der Waals surface area contributed by atoms with E-state index in [1.807, 2.05) is 42.5 Å². The normalized spacial score (nSPS) is 29.3. The summed E-state index contributed by atoms with van der Waals surface area (Å²) in [4.78, 5) is 26.7. The van der Waals surface area contributed by atoms with E-state index in [1.54, 1.807) is 19.2 Å². The fourth-order valence-electron chi connectivity index (χ4n) is 6.72. The first-order chi connectivity index (χ1) is 15.0. The van der Waals surface area contributed by atoms with Crippen LogP contribution in [0.5, 0.6) is 5.75 Å².